The van der Waals surface area contributed by atoms with Crippen molar-refractivity contribution in [1.82, 2.24) is 0 Å². The van der Waals surface area contributed by atoms with Crippen LogP contribution in [0.2, 0.25) is 0 Å². The third kappa shape index (κ3) is 2.61. The van der Waals surface area contributed by atoms with Gasteiger partial charge in [-0.15, -0.1) is 0 Å². The standard InChI is InChI=1S/C7H6.C6H12N2O/c1-2-6-4-7(3-1)5-6;7-5-2-1-4(3-5)6(8)9/h1-4H,5H2;4-5H,1-3,7H2,(H2,8,9)/t;4-,5+/m.0/s1. The number of hydrogen-bond acceptors (Lipinski definition) is 2. The van der Waals surface area contributed by atoms with Gasteiger partial charge >= 0.3 is 0 Å². The molecule has 4 N–H and O–H groups in total. The first kappa shape index (κ1) is 11.1. The Hall–Kier alpha value is -1.35. The lowest BCUT2D eigenvalue weighted by atomic mass is 9.94. The molecule has 1 fully saturated rings. The molecule has 1 saturated carbocycles. The number of carbonyl (C=O) groups is 1. The average Bonchev–Trinajstić information content (AvgIpc) is 2.66. The molecule has 0 spiro atoms. The lowest BCUT2D eigenvalue weighted by Crippen LogP contribution is -2.23. The summed E-state index contributed by atoms with van der Waals surface area (Å²) in [4.78, 5) is 10.5. The molecule has 3 nitrogen and oxygen atoms in total. The molecular weight excluding hydrogens is 200 g/mol. The molecule has 1 aromatic carbocycles. The summed E-state index contributed by atoms with van der Waals surface area (Å²) in [6.07, 6.45) is 3.84. The van der Waals surface area contributed by atoms with E-state index in [0.29, 0.717) is 0 Å². The summed E-state index contributed by atoms with van der Waals surface area (Å²) < 4.78 is 0. The molecule has 3 heteroatoms. The highest BCUT2D eigenvalue weighted by Crippen LogP contribution is 2.23. The van der Waals surface area contributed by atoms with Gasteiger partial charge < -0.3 is 11.5 Å². The molecule has 0 aliphatic heterocycles. The van der Waals surface area contributed by atoms with E-state index in [2.05, 4.69) is 24.3 Å². The molecule has 2 atom stereocenters. The molecular formula is C13H18N2O. The third-order valence-corrected chi connectivity index (χ3v) is 3.28. The Kier molecular flexibility index (Phi) is 3.25. The van der Waals surface area contributed by atoms with Crippen LogP contribution >= 0.6 is 0 Å². The van der Waals surface area contributed by atoms with Gasteiger partial charge in [0.1, 0.15) is 0 Å². The fourth-order valence-corrected chi connectivity index (χ4v) is 2.23. The minimum absolute atomic E-state index is 0.0556. The number of primary amides is 1. The maximum Gasteiger partial charge on any atom is 0.220 e. The molecule has 1 amide bonds. The zero-order valence-corrected chi connectivity index (χ0v) is 9.36. The SMILES string of the molecule is NC(=O)[C@H]1CC[C@@H](N)C1.c1cc2cc(c1)C2. The molecule has 0 aromatic heterocycles. The Morgan fingerprint density at radius 3 is 2.06 bits per heavy atom. The number of carbonyl (C=O) groups excluding carboxylic acids is 1. The normalized spacial score (nSPS) is 25.3. The second kappa shape index (κ2) is 4.66. The van der Waals surface area contributed by atoms with Crippen molar-refractivity contribution >= 4 is 5.91 Å². The number of nitrogens with two attached hydrogens (primary N) is 2. The fourth-order valence-electron chi connectivity index (χ4n) is 2.23. The van der Waals surface area contributed by atoms with Crippen molar-refractivity contribution in [2.45, 2.75) is 31.7 Å². The maximum atomic E-state index is 10.5. The van der Waals surface area contributed by atoms with E-state index < -0.39 is 0 Å². The summed E-state index contributed by atoms with van der Waals surface area (Å²) >= 11 is 0. The van der Waals surface area contributed by atoms with Crippen LogP contribution in [0.3, 0.4) is 0 Å². The summed E-state index contributed by atoms with van der Waals surface area (Å²) in [5.74, 6) is -0.136. The molecule has 0 saturated heterocycles. The monoisotopic (exact) mass is 218 g/mol. The number of hydrogen-bond donors (Lipinski definition) is 2. The molecule has 86 valence electrons. The minimum Gasteiger partial charge on any atom is -0.369 e. The first-order valence-electron chi connectivity index (χ1n) is 5.78. The van der Waals surface area contributed by atoms with Crippen molar-refractivity contribution in [2.75, 3.05) is 0 Å². The van der Waals surface area contributed by atoms with Crippen LogP contribution in [0.15, 0.2) is 24.3 Å². The van der Waals surface area contributed by atoms with Gasteiger partial charge in [-0.25, -0.2) is 0 Å². The van der Waals surface area contributed by atoms with Crippen molar-refractivity contribution in [2.24, 2.45) is 17.4 Å². The summed E-state index contributed by atoms with van der Waals surface area (Å²) in [6.45, 7) is 0. The van der Waals surface area contributed by atoms with E-state index in [9.17, 15) is 4.79 Å². The topological polar surface area (TPSA) is 69.1 Å². The van der Waals surface area contributed by atoms with Crippen molar-refractivity contribution in [3.8, 4) is 0 Å². The van der Waals surface area contributed by atoms with E-state index in [0.717, 1.165) is 19.3 Å². The van der Waals surface area contributed by atoms with Gasteiger partial charge in [0.2, 0.25) is 5.91 Å². The van der Waals surface area contributed by atoms with Crippen LogP contribution in [0.5, 0.6) is 0 Å². The molecule has 0 radical (unpaired) electrons. The highest BCUT2D eigenvalue weighted by atomic mass is 16.1. The second-order valence-corrected chi connectivity index (χ2v) is 4.67. The fraction of sp³-hybridized carbons (Fsp3) is 0.462. The molecule has 16 heavy (non-hydrogen) atoms. The number of rotatable bonds is 1. The smallest absolute Gasteiger partial charge is 0.220 e. The lowest BCUT2D eigenvalue weighted by Gasteiger charge is -2.11. The predicted molar refractivity (Wildman–Crippen MR) is 63.8 cm³/mol. The molecule has 3 aliphatic carbocycles. The zero-order chi connectivity index (χ0) is 11.5. The Bertz CT molecular complexity index is 365. The highest BCUT2D eigenvalue weighted by molar-refractivity contribution is 5.76. The van der Waals surface area contributed by atoms with E-state index in [1.54, 1.807) is 0 Å². The summed E-state index contributed by atoms with van der Waals surface area (Å²) in [7, 11) is 0. The van der Waals surface area contributed by atoms with Crippen LogP contribution < -0.4 is 11.5 Å². The highest BCUT2D eigenvalue weighted by Gasteiger charge is 2.25. The van der Waals surface area contributed by atoms with E-state index in [-0.39, 0.29) is 17.9 Å². The number of amides is 1. The van der Waals surface area contributed by atoms with E-state index in [1.165, 1.54) is 17.5 Å². The molecule has 4 rings (SSSR count). The lowest BCUT2D eigenvalue weighted by molar-refractivity contribution is -0.121. The third-order valence-electron chi connectivity index (χ3n) is 3.28. The Labute approximate surface area is 95.8 Å². The Balaban J connectivity index is 0.000000123. The van der Waals surface area contributed by atoms with Gasteiger partial charge in [0, 0.05) is 12.0 Å². The van der Waals surface area contributed by atoms with Crippen LogP contribution in [0.1, 0.15) is 30.4 Å². The summed E-state index contributed by atoms with van der Waals surface area (Å²) in [5, 5.41) is 0. The molecule has 3 aliphatic rings. The Morgan fingerprint density at radius 1 is 1.25 bits per heavy atom. The van der Waals surface area contributed by atoms with Gasteiger partial charge in [0.15, 0.2) is 0 Å². The van der Waals surface area contributed by atoms with Crippen LogP contribution in [0.25, 0.3) is 0 Å². The first-order chi connectivity index (χ1) is 7.65. The van der Waals surface area contributed by atoms with Gasteiger partial charge in [0.25, 0.3) is 0 Å². The largest absolute Gasteiger partial charge is 0.369 e. The molecule has 1 aromatic rings. The quantitative estimate of drug-likeness (QED) is 0.755. The summed E-state index contributed by atoms with van der Waals surface area (Å²) in [6, 6.07) is 8.86. The first-order valence-corrected chi connectivity index (χ1v) is 5.78. The van der Waals surface area contributed by atoms with Crippen LogP contribution in [0.4, 0.5) is 0 Å². The van der Waals surface area contributed by atoms with Crippen molar-refractivity contribution < 1.29 is 4.79 Å². The van der Waals surface area contributed by atoms with Crippen molar-refractivity contribution in [1.29, 1.82) is 0 Å². The number of fused-ring (bicyclic) bond motifs is 2. The van der Waals surface area contributed by atoms with Crippen molar-refractivity contribution in [3.05, 3.63) is 35.4 Å². The van der Waals surface area contributed by atoms with E-state index in [4.69, 9.17) is 11.5 Å². The van der Waals surface area contributed by atoms with E-state index >= 15 is 0 Å². The van der Waals surface area contributed by atoms with Gasteiger partial charge in [-0.05, 0) is 36.8 Å². The zero-order valence-electron chi connectivity index (χ0n) is 9.36. The Morgan fingerprint density at radius 2 is 1.88 bits per heavy atom. The van der Waals surface area contributed by atoms with Gasteiger partial charge in [-0.2, -0.15) is 0 Å². The van der Waals surface area contributed by atoms with E-state index in [1.807, 2.05) is 0 Å². The average molecular weight is 218 g/mol. The van der Waals surface area contributed by atoms with Gasteiger partial charge in [0.05, 0.1) is 0 Å². The summed E-state index contributed by atoms with van der Waals surface area (Å²) in [5.41, 5.74) is 13.6. The molecule has 0 unspecified atom stereocenters. The van der Waals surface area contributed by atoms with Gasteiger partial charge in [-0.1, -0.05) is 24.3 Å². The van der Waals surface area contributed by atoms with Crippen LogP contribution in [-0.4, -0.2) is 11.9 Å². The van der Waals surface area contributed by atoms with Crippen LogP contribution in [0, 0.1) is 5.92 Å². The minimum atomic E-state index is -0.192. The number of benzene rings is 1. The van der Waals surface area contributed by atoms with Gasteiger partial charge in [-0.3, -0.25) is 4.79 Å². The predicted octanol–water partition coefficient (Wildman–Crippen LogP) is 1.19. The second-order valence-electron chi connectivity index (χ2n) is 4.67. The van der Waals surface area contributed by atoms with Crippen molar-refractivity contribution in [3.63, 3.8) is 0 Å². The maximum absolute atomic E-state index is 10.5. The molecule has 2 bridgehead atoms. The van der Waals surface area contributed by atoms with Crippen LogP contribution in [-0.2, 0) is 11.2 Å². The molecule has 0 heterocycles.